The molecule has 114 valence electrons. The minimum atomic E-state index is -0.512. The minimum Gasteiger partial charge on any atom is -0.395 e. The second kappa shape index (κ2) is 9.50. The predicted octanol–water partition coefficient (Wildman–Crippen LogP) is 0.625. The molecule has 1 aliphatic rings. The van der Waals surface area contributed by atoms with Gasteiger partial charge in [-0.1, -0.05) is 25.3 Å². The molecule has 0 heterocycles. The zero-order valence-corrected chi connectivity index (χ0v) is 11.9. The van der Waals surface area contributed by atoms with Crippen molar-refractivity contribution in [2.75, 3.05) is 26.2 Å². The number of carbonyl (C=O) groups excluding carboxylic acids is 2. The van der Waals surface area contributed by atoms with Crippen LogP contribution in [0.4, 0.5) is 4.79 Å². The van der Waals surface area contributed by atoms with Gasteiger partial charge in [0.2, 0.25) is 5.91 Å². The third kappa shape index (κ3) is 6.16. The van der Waals surface area contributed by atoms with Crippen LogP contribution >= 0.6 is 0 Å². The fourth-order valence-electron chi connectivity index (χ4n) is 2.53. The van der Waals surface area contributed by atoms with Crippen LogP contribution in [0.25, 0.3) is 0 Å². The third-order valence-corrected chi connectivity index (χ3v) is 3.48. The number of rotatable bonds is 7. The number of hydrogen-bond acceptors (Lipinski definition) is 4. The van der Waals surface area contributed by atoms with Crippen LogP contribution in [0, 0.1) is 0 Å². The van der Waals surface area contributed by atoms with Crippen LogP contribution in [0.15, 0.2) is 12.7 Å². The Morgan fingerprint density at radius 3 is 2.60 bits per heavy atom. The topological polar surface area (TPSA) is 81.7 Å². The highest BCUT2D eigenvalue weighted by Gasteiger charge is 2.23. The van der Waals surface area contributed by atoms with Gasteiger partial charge in [0.1, 0.15) is 0 Å². The highest BCUT2D eigenvalue weighted by molar-refractivity contribution is 5.95. The summed E-state index contributed by atoms with van der Waals surface area (Å²) < 4.78 is 0. The number of carbonyl (C=O) groups is 2. The number of imide groups is 1. The highest BCUT2D eigenvalue weighted by Crippen LogP contribution is 2.22. The summed E-state index contributed by atoms with van der Waals surface area (Å²) in [6.45, 7) is 4.43. The Morgan fingerprint density at radius 2 is 2.00 bits per heavy atom. The molecule has 0 aromatic carbocycles. The van der Waals surface area contributed by atoms with E-state index in [0.717, 1.165) is 25.7 Å². The highest BCUT2D eigenvalue weighted by atomic mass is 16.3. The van der Waals surface area contributed by atoms with Crippen molar-refractivity contribution < 1.29 is 14.7 Å². The Labute approximate surface area is 120 Å². The lowest BCUT2D eigenvalue weighted by molar-refractivity contribution is -0.122. The van der Waals surface area contributed by atoms with Crippen molar-refractivity contribution in [3.63, 3.8) is 0 Å². The van der Waals surface area contributed by atoms with Crippen LogP contribution < -0.4 is 10.6 Å². The molecule has 6 heteroatoms. The molecule has 1 rings (SSSR count). The second-order valence-corrected chi connectivity index (χ2v) is 5.03. The molecule has 0 spiro atoms. The molecule has 0 aromatic rings. The Hall–Kier alpha value is -1.40. The van der Waals surface area contributed by atoms with Gasteiger partial charge in [0.25, 0.3) is 0 Å². The summed E-state index contributed by atoms with van der Waals surface area (Å²) in [6, 6.07) is -0.180. The molecule has 0 aromatic heterocycles. The Morgan fingerprint density at radius 1 is 1.30 bits per heavy atom. The number of amides is 3. The van der Waals surface area contributed by atoms with E-state index in [4.69, 9.17) is 5.11 Å². The maximum atomic E-state index is 11.8. The summed E-state index contributed by atoms with van der Waals surface area (Å²) in [5.74, 6) is -0.342. The molecular formula is C14H25N3O3. The molecular weight excluding hydrogens is 258 g/mol. The quantitative estimate of drug-likeness (QED) is 0.598. The number of hydrogen-bond donors (Lipinski definition) is 3. The Bertz CT molecular complexity index is 328. The minimum absolute atomic E-state index is 0.0203. The number of aliphatic hydroxyl groups excluding tert-OH is 1. The molecule has 0 bridgehead atoms. The summed E-state index contributed by atoms with van der Waals surface area (Å²) in [7, 11) is 0. The van der Waals surface area contributed by atoms with Gasteiger partial charge in [0.05, 0.1) is 13.2 Å². The molecule has 3 N–H and O–H groups in total. The van der Waals surface area contributed by atoms with Gasteiger partial charge < -0.3 is 10.4 Å². The fourth-order valence-corrected chi connectivity index (χ4v) is 2.53. The molecule has 0 unspecified atom stereocenters. The largest absolute Gasteiger partial charge is 0.395 e. The third-order valence-electron chi connectivity index (χ3n) is 3.48. The molecule has 20 heavy (non-hydrogen) atoms. The molecule has 0 atom stereocenters. The van der Waals surface area contributed by atoms with Crippen LogP contribution in [0.1, 0.15) is 32.1 Å². The Balaban J connectivity index is 2.41. The van der Waals surface area contributed by atoms with E-state index in [9.17, 15) is 9.59 Å². The first kappa shape index (κ1) is 16.7. The van der Waals surface area contributed by atoms with Crippen molar-refractivity contribution in [1.29, 1.82) is 0 Å². The zero-order chi connectivity index (χ0) is 14.8. The van der Waals surface area contributed by atoms with E-state index in [1.807, 2.05) is 4.90 Å². The molecule has 1 aliphatic carbocycles. The predicted molar refractivity (Wildman–Crippen MR) is 77.3 cm³/mol. The summed E-state index contributed by atoms with van der Waals surface area (Å²) >= 11 is 0. The maximum absolute atomic E-state index is 11.8. The molecule has 1 saturated carbocycles. The normalized spacial score (nSPS) is 15.9. The summed E-state index contributed by atoms with van der Waals surface area (Å²) in [5, 5.41) is 13.9. The van der Waals surface area contributed by atoms with Crippen LogP contribution in [0.5, 0.6) is 0 Å². The van der Waals surface area contributed by atoms with Crippen molar-refractivity contribution in [1.82, 2.24) is 15.5 Å². The first-order valence-corrected chi connectivity index (χ1v) is 7.21. The SMILES string of the molecule is C=CCNC(=O)NC(=O)CN(CCO)C1CCCCC1. The average Bonchev–Trinajstić information content (AvgIpc) is 2.45. The lowest BCUT2D eigenvalue weighted by Crippen LogP contribution is -2.48. The van der Waals surface area contributed by atoms with Crippen molar-refractivity contribution >= 4 is 11.9 Å². The van der Waals surface area contributed by atoms with E-state index in [1.165, 1.54) is 6.42 Å². The number of nitrogens with one attached hydrogen (secondary N) is 2. The van der Waals surface area contributed by atoms with Gasteiger partial charge in [-0.3, -0.25) is 15.0 Å². The van der Waals surface area contributed by atoms with Gasteiger partial charge >= 0.3 is 6.03 Å². The second-order valence-electron chi connectivity index (χ2n) is 5.03. The number of aliphatic hydroxyl groups is 1. The van der Waals surface area contributed by atoms with Crippen LogP contribution in [0.2, 0.25) is 0 Å². The van der Waals surface area contributed by atoms with Gasteiger partial charge in [-0.05, 0) is 12.8 Å². The first-order valence-electron chi connectivity index (χ1n) is 7.21. The number of urea groups is 1. The van der Waals surface area contributed by atoms with E-state index in [0.29, 0.717) is 19.1 Å². The molecule has 6 nitrogen and oxygen atoms in total. The Kier molecular flexibility index (Phi) is 7.91. The fraction of sp³-hybridized carbons (Fsp3) is 0.714. The van der Waals surface area contributed by atoms with Gasteiger partial charge in [0, 0.05) is 19.1 Å². The van der Waals surface area contributed by atoms with Gasteiger partial charge in [-0.25, -0.2) is 4.79 Å². The van der Waals surface area contributed by atoms with Crippen molar-refractivity contribution in [2.24, 2.45) is 0 Å². The van der Waals surface area contributed by atoms with E-state index < -0.39 is 6.03 Å². The standard InChI is InChI=1S/C14H25N3O3/c1-2-8-15-14(20)16-13(19)11-17(9-10-18)12-6-4-3-5-7-12/h2,12,18H,1,3-11H2,(H2,15,16,19,20). The van der Waals surface area contributed by atoms with Crippen LogP contribution in [-0.2, 0) is 4.79 Å². The van der Waals surface area contributed by atoms with E-state index in [2.05, 4.69) is 17.2 Å². The maximum Gasteiger partial charge on any atom is 0.321 e. The van der Waals surface area contributed by atoms with Crippen molar-refractivity contribution in [3.05, 3.63) is 12.7 Å². The molecule has 3 amide bonds. The van der Waals surface area contributed by atoms with E-state index >= 15 is 0 Å². The average molecular weight is 283 g/mol. The summed E-state index contributed by atoms with van der Waals surface area (Å²) in [6.07, 6.45) is 7.21. The van der Waals surface area contributed by atoms with Crippen LogP contribution in [-0.4, -0.2) is 54.2 Å². The summed E-state index contributed by atoms with van der Waals surface area (Å²) in [5.41, 5.74) is 0. The van der Waals surface area contributed by atoms with Gasteiger partial charge in [-0.15, -0.1) is 6.58 Å². The van der Waals surface area contributed by atoms with E-state index in [-0.39, 0.29) is 19.1 Å². The lowest BCUT2D eigenvalue weighted by atomic mass is 9.94. The molecule has 0 radical (unpaired) electrons. The van der Waals surface area contributed by atoms with E-state index in [1.54, 1.807) is 6.08 Å². The summed E-state index contributed by atoms with van der Waals surface area (Å²) in [4.78, 5) is 25.2. The number of nitrogens with zero attached hydrogens (tertiary/aromatic N) is 1. The van der Waals surface area contributed by atoms with Gasteiger partial charge in [-0.2, -0.15) is 0 Å². The van der Waals surface area contributed by atoms with Crippen molar-refractivity contribution in [2.45, 2.75) is 38.1 Å². The molecule has 1 fully saturated rings. The smallest absolute Gasteiger partial charge is 0.321 e. The lowest BCUT2D eigenvalue weighted by Gasteiger charge is -2.33. The van der Waals surface area contributed by atoms with Gasteiger partial charge in [0.15, 0.2) is 0 Å². The zero-order valence-electron chi connectivity index (χ0n) is 11.9. The monoisotopic (exact) mass is 283 g/mol. The van der Waals surface area contributed by atoms with Crippen LogP contribution in [0.3, 0.4) is 0 Å². The molecule has 0 saturated heterocycles. The van der Waals surface area contributed by atoms with Crippen molar-refractivity contribution in [3.8, 4) is 0 Å². The first-order chi connectivity index (χ1) is 9.67. The molecule has 0 aliphatic heterocycles.